The van der Waals surface area contributed by atoms with Crippen molar-refractivity contribution in [3.63, 3.8) is 0 Å². The second kappa shape index (κ2) is 7.67. The molecule has 0 aliphatic rings. The minimum atomic E-state index is -4.72. The summed E-state index contributed by atoms with van der Waals surface area (Å²) in [6.45, 7) is 3.41. The maximum Gasteiger partial charge on any atom is 0.433 e. The van der Waals surface area contributed by atoms with Crippen molar-refractivity contribution in [2.75, 3.05) is 5.32 Å². The van der Waals surface area contributed by atoms with E-state index in [0.29, 0.717) is 11.6 Å². The number of nitrogens with zero attached hydrogens (tertiary/aromatic N) is 4. The van der Waals surface area contributed by atoms with Gasteiger partial charge in [0, 0.05) is 23.5 Å². The van der Waals surface area contributed by atoms with Gasteiger partial charge in [-0.25, -0.2) is 4.98 Å². The summed E-state index contributed by atoms with van der Waals surface area (Å²) >= 11 is 6.14. The molecule has 0 radical (unpaired) electrons. The number of anilines is 1. The van der Waals surface area contributed by atoms with Crippen LogP contribution < -0.4 is 5.32 Å². The lowest BCUT2D eigenvalue weighted by molar-refractivity contribution is -0.145. The summed E-state index contributed by atoms with van der Waals surface area (Å²) in [4.78, 5) is 16.6. The molecular weight excluding hydrogens is 395 g/mol. The van der Waals surface area contributed by atoms with Crippen LogP contribution in [0.15, 0.2) is 42.9 Å². The number of imidazole rings is 1. The predicted octanol–water partition coefficient (Wildman–Crippen LogP) is 4.63. The monoisotopic (exact) mass is 411 g/mol. The minimum Gasteiger partial charge on any atom is -0.313 e. The molecule has 0 aliphatic carbocycles. The van der Waals surface area contributed by atoms with E-state index in [1.165, 1.54) is 6.20 Å². The molecule has 0 saturated carbocycles. The van der Waals surface area contributed by atoms with Crippen LogP contribution in [-0.2, 0) is 12.7 Å². The fraction of sp³-hybridized carbons (Fsp3) is 0.278. The number of hydrogen-bond acceptors (Lipinski definition) is 3. The number of carbonyl (C=O) groups excluding carboxylic acids is 1. The highest BCUT2D eigenvalue weighted by Gasteiger charge is 2.40. The topological polar surface area (TPSA) is 64.7 Å². The van der Waals surface area contributed by atoms with E-state index in [-0.39, 0.29) is 5.95 Å². The highest BCUT2D eigenvalue weighted by molar-refractivity contribution is 6.31. The number of hydrogen-bond donors (Lipinski definition) is 1. The van der Waals surface area contributed by atoms with Gasteiger partial charge in [-0.2, -0.15) is 18.3 Å². The Balaban J connectivity index is 1.88. The van der Waals surface area contributed by atoms with Crippen LogP contribution in [0.5, 0.6) is 0 Å². The molecular formula is C18H17ClF3N5O. The molecule has 0 bridgehead atoms. The molecule has 1 amide bonds. The van der Waals surface area contributed by atoms with Crippen molar-refractivity contribution in [1.82, 2.24) is 19.3 Å². The number of alkyl halides is 3. The zero-order valence-corrected chi connectivity index (χ0v) is 15.8. The first kappa shape index (κ1) is 19.9. The summed E-state index contributed by atoms with van der Waals surface area (Å²) < 4.78 is 42.8. The van der Waals surface area contributed by atoms with Crippen molar-refractivity contribution < 1.29 is 18.0 Å². The first-order valence-corrected chi connectivity index (χ1v) is 8.77. The second-order valence-corrected chi connectivity index (χ2v) is 6.77. The highest BCUT2D eigenvalue weighted by Crippen LogP contribution is 2.33. The largest absolute Gasteiger partial charge is 0.433 e. The fourth-order valence-electron chi connectivity index (χ4n) is 2.74. The molecule has 0 atom stereocenters. The normalized spacial score (nSPS) is 11.8. The zero-order chi connectivity index (χ0) is 20.5. The number of benzene rings is 1. The number of halogens is 4. The van der Waals surface area contributed by atoms with Gasteiger partial charge >= 0.3 is 6.18 Å². The Kier molecular flexibility index (Phi) is 5.46. The third kappa shape index (κ3) is 4.04. The minimum absolute atomic E-state index is 0.107. The van der Waals surface area contributed by atoms with E-state index in [2.05, 4.69) is 15.4 Å². The third-order valence-corrected chi connectivity index (χ3v) is 4.41. The van der Waals surface area contributed by atoms with Gasteiger partial charge in [-0.15, -0.1) is 0 Å². The van der Waals surface area contributed by atoms with Crippen LogP contribution >= 0.6 is 11.6 Å². The van der Waals surface area contributed by atoms with Gasteiger partial charge in [-0.1, -0.05) is 29.8 Å². The number of amides is 1. The molecule has 0 saturated heterocycles. The van der Waals surface area contributed by atoms with E-state index in [9.17, 15) is 18.0 Å². The van der Waals surface area contributed by atoms with Crippen LogP contribution in [-0.4, -0.2) is 25.2 Å². The average molecular weight is 412 g/mol. The summed E-state index contributed by atoms with van der Waals surface area (Å²) in [5, 5.41) is 6.69. The molecule has 0 aliphatic heterocycles. The van der Waals surface area contributed by atoms with Gasteiger partial charge in [0.1, 0.15) is 0 Å². The van der Waals surface area contributed by atoms with E-state index in [4.69, 9.17) is 11.6 Å². The third-order valence-electron chi connectivity index (χ3n) is 4.04. The fourth-order valence-corrected chi connectivity index (χ4v) is 2.94. The maximum absolute atomic E-state index is 13.5. The van der Waals surface area contributed by atoms with E-state index < -0.39 is 29.4 Å². The SMILES string of the molecule is CC(C)n1ncc(C(=O)Nc2nccn2Cc2ccccc2Cl)c1C(F)(F)F. The molecule has 1 aromatic carbocycles. The van der Waals surface area contributed by atoms with Gasteiger partial charge in [-0.05, 0) is 25.5 Å². The quantitative estimate of drug-likeness (QED) is 0.665. The summed E-state index contributed by atoms with van der Waals surface area (Å²) in [6.07, 6.45) is -0.768. The van der Waals surface area contributed by atoms with Gasteiger partial charge in [0.15, 0.2) is 5.69 Å². The van der Waals surface area contributed by atoms with Gasteiger partial charge in [0.25, 0.3) is 5.91 Å². The predicted molar refractivity (Wildman–Crippen MR) is 98.3 cm³/mol. The second-order valence-electron chi connectivity index (χ2n) is 6.37. The smallest absolute Gasteiger partial charge is 0.313 e. The Morgan fingerprint density at radius 1 is 1.29 bits per heavy atom. The molecule has 1 N–H and O–H groups in total. The molecule has 0 fully saturated rings. The standard InChI is InChI=1S/C18H17ClF3N5O/c1-11(2)27-15(18(20,21)22)13(9-24-27)16(28)25-17-23-7-8-26(17)10-12-5-3-4-6-14(12)19/h3-9,11H,10H2,1-2H3,(H,23,25,28). The van der Waals surface area contributed by atoms with E-state index >= 15 is 0 Å². The summed E-state index contributed by atoms with van der Waals surface area (Å²) in [6, 6.07) is 6.57. The lowest BCUT2D eigenvalue weighted by Gasteiger charge is -2.15. The van der Waals surface area contributed by atoms with Gasteiger partial charge in [-0.3, -0.25) is 14.8 Å². The highest BCUT2D eigenvalue weighted by atomic mass is 35.5. The Bertz CT molecular complexity index is 993. The van der Waals surface area contributed by atoms with E-state index in [1.807, 2.05) is 12.1 Å². The van der Waals surface area contributed by atoms with E-state index in [1.54, 1.807) is 36.7 Å². The van der Waals surface area contributed by atoms with Crippen molar-refractivity contribution in [3.8, 4) is 0 Å². The lowest BCUT2D eigenvalue weighted by atomic mass is 10.2. The molecule has 2 aromatic heterocycles. The van der Waals surface area contributed by atoms with Crippen molar-refractivity contribution >= 4 is 23.5 Å². The van der Waals surface area contributed by atoms with Crippen LogP contribution in [0.25, 0.3) is 0 Å². The molecule has 0 spiro atoms. The summed E-state index contributed by atoms with van der Waals surface area (Å²) in [5.74, 6) is -0.832. The van der Waals surface area contributed by atoms with Crippen molar-refractivity contribution in [2.45, 2.75) is 32.6 Å². The Morgan fingerprint density at radius 2 is 2.00 bits per heavy atom. The Labute approximate surface area is 163 Å². The molecule has 10 heteroatoms. The number of carbonyl (C=O) groups is 1. The molecule has 3 aromatic rings. The maximum atomic E-state index is 13.5. The molecule has 3 rings (SSSR count). The molecule has 6 nitrogen and oxygen atoms in total. The molecule has 148 valence electrons. The first-order valence-electron chi connectivity index (χ1n) is 8.39. The number of rotatable bonds is 5. The van der Waals surface area contributed by atoms with Crippen LogP contribution in [0.3, 0.4) is 0 Å². The van der Waals surface area contributed by atoms with Crippen LogP contribution in [0.4, 0.5) is 19.1 Å². The average Bonchev–Trinajstić information content (AvgIpc) is 3.24. The Morgan fingerprint density at radius 3 is 2.64 bits per heavy atom. The van der Waals surface area contributed by atoms with Crippen LogP contribution in [0.2, 0.25) is 5.02 Å². The van der Waals surface area contributed by atoms with Gasteiger partial charge < -0.3 is 4.57 Å². The van der Waals surface area contributed by atoms with Gasteiger partial charge in [0.05, 0.1) is 18.3 Å². The first-order chi connectivity index (χ1) is 13.2. The van der Waals surface area contributed by atoms with Crippen molar-refractivity contribution in [2.24, 2.45) is 0 Å². The Hall–Kier alpha value is -2.81. The molecule has 0 unspecified atom stereocenters. The molecule has 28 heavy (non-hydrogen) atoms. The summed E-state index contributed by atoms with van der Waals surface area (Å²) in [7, 11) is 0. The van der Waals surface area contributed by atoms with Crippen LogP contribution in [0, 0.1) is 0 Å². The van der Waals surface area contributed by atoms with Crippen molar-refractivity contribution in [3.05, 3.63) is 64.7 Å². The zero-order valence-electron chi connectivity index (χ0n) is 15.0. The van der Waals surface area contributed by atoms with E-state index in [0.717, 1.165) is 16.4 Å². The van der Waals surface area contributed by atoms with Crippen molar-refractivity contribution in [1.29, 1.82) is 0 Å². The van der Waals surface area contributed by atoms with Crippen LogP contribution in [0.1, 0.15) is 41.5 Å². The van der Waals surface area contributed by atoms with Gasteiger partial charge in [0.2, 0.25) is 5.95 Å². The number of aromatic nitrogens is 4. The number of nitrogens with one attached hydrogen (secondary N) is 1. The lowest BCUT2D eigenvalue weighted by Crippen LogP contribution is -2.23. The molecule has 2 heterocycles. The summed E-state index contributed by atoms with van der Waals surface area (Å²) in [5.41, 5.74) is -0.876.